The van der Waals surface area contributed by atoms with Crippen LogP contribution in [0.25, 0.3) is 0 Å². The molecule has 0 radical (unpaired) electrons. The molecule has 0 amide bonds. The van der Waals surface area contributed by atoms with Crippen LogP contribution < -0.4 is 0 Å². The van der Waals surface area contributed by atoms with Crippen LogP contribution in [-0.4, -0.2) is 0 Å². The zero-order valence-corrected chi connectivity index (χ0v) is 8.39. The monoisotopic (exact) mass is 184 g/mol. The number of rotatable bonds is 1. The molecule has 1 fully saturated rings. The molecule has 72 valence electrons. The van der Waals surface area contributed by atoms with E-state index in [1.807, 2.05) is 0 Å². The first-order chi connectivity index (χ1) is 6.93. The van der Waals surface area contributed by atoms with Crippen molar-refractivity contribution in [3.8, 4) is 0 Å². The van der Waals surface area contributed by atoms with Crippen LogP contribution in [0.1, 0.15) is 19.3 Å². The van der Waals surface area contributed by atoms with Crippen molar-refractivity contribution in [2.75, 3.05) is 0 Å². The minimum atomic E-state index is 0.825. The maximum Gasteiger partial charge on any atom is -0.0130 e. The molecule has 0 spiro atoms. The summed E-state index contributed by atoms with van der Waals surface area (Å²) in [5.74, 6) is 2.50. The molecule has 0 heteroatoms. The summed E-state index contributed by atoms with van der Waals surface area (Å²) in [6.45, 7) is 0. The molecule has 0 nitrogen and oxygen atoms in total. The fourth-order valence-corrected chi connectivity index (χ4v) is 3.03. The van der Waals surface area contributed by atoms with Gasteiger partial charge in [-0.05, 0) is 37.0 Å². The molecule has 0 saturated heterocycles. The molecule has 0 heterocycles. The lowest BCUT2D eigenvalue weighted by molar-refractivity contribution is 0.552. The second-order valence-corrected chi connectivity index (χ2v) is 4.64. The molecule has 0 N–H and O–H groups in total. The third kappa shape index (κ3) is 1.30. The van der Waals surface area contributed by atoms with Crippen LogP contribution in [0.15, 0.2) is 48.1 Å². The van der Waals surface area contributed by atoms with Crippen LogP contribution in [0.4, 0.5) is 0 Å². The van der Waals surface area contributed by atoms with Crippen LogP contribution in [0.3, 0.4) is 0 Å². The zero-order valence-electron chi connectivity index (χ0n) is 8.39. The van der Waals surface area contributed by atoms with E-state index in [1.165, 1.54) is 19.3 Å². The van der Waals surface area contributed by atoms with Gasteiger partial charge in [0.05, 0.1) is 0 Å². The van der Waals surface area contributed by atoms with E-state index < -0.39 is 0 Å². The van der Waals surface area contributed by atoms with Crippen LogP contribution in [0.5, 0.6) is 0 Å². The van der Waals surface area contributed by atoms with Crippen molar-refractivity contribution < 1.29 is 0 Å². The van der Waals surface area contributed by atoms with Crippen LogP contribution >= 0.6 is 0 Å². The van der Waals surface area contributed by atoms with Gasteiger partial charge in [-0.15, -0.1) is 0 Å². The molecule has 0 aromatic heterocycles. The molecule has 2 atom stereocenters. The Balaban J connectivity index is 1.75. The maximum atomic E-state index is 2.40. The number of allylic oxidation sites excluding steroid dienone is 8. The SMILES string of the molecule is C1=CCC(C2CC3C=CC=CC3C2)=C1. The highest BCUT2D eigenvalue weighted by molar-refractivity contribution is 5.28. The van der Waals surface area contributed by atoms with Gasteiger partial charge in [-0.25, -0.2) is 0 Å². The largest absolute Gasteiger partial charge is 0.0808 e. The first-order valence-electron chi connectivity index (χ1n) is 5.64. The van der Waals surface area contributed by atoms with E-state index in [9.17, 15) is 0 Å². The Morgan fingerprint density at radius 2 is 1.64 bits per heavy atom. The minimum absolute atomic E-state index is 0.825. The Morgan fingerprint density at radius 1 is 0.929 bits per heavy atom. The lowest BCUT2D eigenvalue weighted by Gasteiger charge is -2.13. The van der Waals surface area contributed by atoms with Crippen LogP contribution in [0, 0.1) is 17.8 Å². The van der Waals surface area contributed by atoms with E-state index in [2.05, 4.69) is 42.5 Å². The Labute approximate surface area is 85.7 Å². The summed E-state index contributed by atoms with van der Waals surface area (Å²) in [7, 11) is 0. The van der Waals surface area contributed by atoms with Gasteiger partial charge < -0.3 is 0 Å². The molecule has 3 aliphatic rings. The summed E-state index contributed by atoms with van der Waals surface area (Å²) in [6.07, 6.45) is 20.0. The van der Waals surface area contributed by atoms with Gasteiger partial charge in [-0.2, -0.15) is 0 Å². The highest BCUT2D eigenvalue weighted by Gasteiger charge is 2.33. The number of hydrogen-bond acceptors (Lipinski definition) is 0. The van der Waals surface area contributed by atoms with E-state index in [0.29, 0.717) is 0 Å². The van der Waals surface area contributed by atoms with E-state index in [4.69, 9.17) is 0 Å². The molecule has 2 unspecified atom stereocenters. The Kier molecular flexibility index (Phi) is 1.93. The lowest BCUT2D eigenvalue weighted by Crippen LogP contribution is -2.03. The first-order valence-corrected chi connectivity index (χ1v) is 5.64. The first kappa shape index (κ1) is 8.28. The van der Waals surface area contributed by atoms with Gasteiger partial charge in [0, 0.05) is 0 Å². The minimum Gasteiger partial charge on any atom is -0.0808 e. The second-order valence-electron chi connectivity index (χ2n) is 4.64. The van der Waals surface area contributed by atoms with Crippen molar-refractivity contribution in [1.29, 1.82) is 0 Å². The average Bonchev–Trinajstić information content (AvgIpc) is 2.86. The van der Waals surface area contributed by atoms with Gasteiger partial charge in [0.2, 0.25) is 0 Å². The van der Waals surface area contributed by atoms with Crippen LogP contribution in [0.2, 0.25) is 0 Å². The predicted octanol–water partition coefficient (Wildman–Crippen LogP) is 3.64. The summed E-state index contributed by atoms with van der Waals surface area (Å²) in [6, 6.07) is 0. The van der Waals surface area contributed by atoms with Crippen molar-refractivity contribution in [3.05, 3.63) is 48.1 Å². The van der Waals surface area contributed by atoms with Gasteiger partial charge >= 0.3 is 0 Å². The van der Waals surface area contributed by atoms with E-state index in [0.717, 1.165) is 17.8 Å². The molecule has 14 heavy (non-hydrogen) atoms. The van der Waals surface area contributed by atoms with Gasteiger partial charge in [0.1, 0.15) is 0 Å². The summed E-state index contributed by atoms with van der Waals surface area (Å²) >= 11 is 0. The third-order valence-corrected chi connectivity index (χ3v) is 3.82. The molecule has 0 aliphatic heterocycles. The van der Waals surface area contributed by atoms with Gasteiger partial charge in [0.15, 0.2) is 0 Å². The van der Waals surface area contributed by atoms with E-state index in [1.54, 1.807) is 5.57 Å². The molecule has 1 saturated carbocycles. The molecule has 3 rings (SSSR count). The normalized spacial score (nSPS) is 38.9. The maximum absolute atomic E-state index is 2.40. The summed E-state index contributed by atoms with van der Waals surface area (Å²) in [5.41, 5.74) is 1.67. The third-order valence-electron chi connectivity index (χ3n) is 3.82. The Hall–Kier alpha value is -1.04. The highest BCUT2D eigenvalue weighted by Crippen LogP contribution is 2.44. The van der Waals surface area contributed by atoms with Crippen molar-refractivity contribution in [2.45, 2.75) is 19.3 Å². The predicted molar refractivity (Wildman–Crippen MR) is 59.8 cm³/mol. The summed E-state index contributed by atoms with van der Waals surface area (Å²) < 4.78 is 0. The van der Waals surface area contributed by atoms with Gasteiger partial charge in [-0.3, -0.25) is 0 Å². The molecular formula is C14H16. The Bertz CT molecular complexity index is 321. The van der Waals surface area contributed by atoms with Crippen molar-refractivity contribution in [1.82, 2.24) is 0 Å². The molecule has 3 aliphatic carbocycles. The molecule has 0 aromatic carbocycles. The second kappa shape index (κ2) is 3.27. The lowest BCUT2D eigenvalue weighted by atomic mass is 9.92. The fraction of sp³-hybridized carbons (Fsp3) is 0.429. The van der Waals surface area contributed by atoms with Gasteiger partial charge in [0.25, 0.3) is 0 Å². The highest BCUT2D eigenvalue weighted by atomic mass is 14.4. The summed E-state index contributed by atoms with van der Waals surface area (Å²) in [5, 5.41) is 0. The average molecular weight is 184 g/mol. The number of hydrogen-bond donors (Lipinski definition) is 0. The standard InChI is InChI=1S/C14H16/c1-2-6-11(5-1)14-9-12-7-3-4-8-13(12)10-14/h1-5,7-8,12-14H,6,9-10H2. The van der Waals surface area contributed by atoms with Gasteiger partial charge in [-0.1, -0.05) is 48.1 Å². The van der Waals surface area contributed by atoms with E-state index >= 15 is 0 Å². The Morgan fingerprint density at radius 3 is 2.21 bits per heavy atom. The van der Waals surface area contributed by atoms with Crippen LogP contribution in [-0.2, 0) is 0 Å². The number of fused-ring (bicyclic) bond motifs is 1. The van der Waals surface area contributed by atoms with Crippen molar-refractivity contribution in [2.24, 2.45) is 17.8 Å². The summed E-state index contributed by atoms with van der Waals surface area (Å²) in [4.78, 5) is 0. The topological polar surface area (TPSA) is 0 Å². The smallest absolute Gasteiger partial charge is 0.0130 e. The van der Waals surface area contributed by atoms with Crippen molar-refractivity contribution in [3.63, 3.8) is 0 Å². The molecule has 0 bridgehead atoms. The quantitative estimate of drug-likeness (QED) is 0.583. The van der Waals surface area contributed by atoms with E-state index in [-0.39, 0.29) is 0 Å². The fourth-order valence-electron chi connectivity index (χ4n) is 3.03. The van der Waals surface area contributed by atoms with Crippen molar-refractivity contribution >= 4 is 0 Å². The molecule has 0 aromatic rings. The zero-order chi connectivity index (χ0) is 9.38. The molecular weight excluding hydrogens is 168 g/mol.